The van der Waals surface area contributed by atoms with Gasteiger partial charge in [0.15, 0.2) is 0 Å². The Bertz CT molecular complexity index is 642. The fraction of sp³-hybridized carbons (Fsp3) is 0.286. The second-order valence-corrected chi connectivity index (χ2v) is 4.21. The predicted molar refractivity (Wildman–Crippen MR) is 73.1 cm³/mol. The molecular formula is C14H15N3O3. The number of carbonyl (C=O) groups excluding carboxylic acids is 2. The van der Waals surface area contributed by atoms with Crippen LogP contribution in [0.25, 0.3) is 11.0 Å². The molecule has 0 saturated carbocycles. The molecule has 1 aromatic carbocycles. The lowest BCUT2D eigenvalue weighted by Gasteiger charge is -2.15. The van der Waals surface area contributed by atoms with E-state index in [-0.39, 0.29) is 24.8 Å². The highest BCUT2D eigenvalue weighted by Gasteiger charge is 2.17. The van der Waals surface area contributed by atoms with E-state index >= 15 is 0 Å². The number of rotatable bonds is 4. The van der Waals surface area contributed by atoms with E-state index < -0.39 is 5.97 Å². The summed E-state index contributed by atoms with van der Waals surface area (Å²) in [4.78, 5) is 33.2. The van der Waals surface area contributed by atoms with Gasteiger partial charge in [-0.1, -0.05) is 12.1 Å². The van der Waals surface area contributed by atoms with Crippen LogP contribution in [-0.2, 0) is 9.53 Å². The number of aromatic nitrogens is 2. The summed E-state index contributed by atoms with van der Waals surface area (Å²) in [7, 11) is 1.52. The molecule has 0 saturated heterocycles. The van der Waals surface area contributed by atoms with Crippen LogP contribution >= 0.6 is 0 Å². The highest BCUT2D eigenvalue weighted by molar-refractivity contribution is 5.95. The summed E-state index contributed by atoms with van der Waals surface area (Å²) in [6.45, 7) is 1.90. The molecule has 0 N–H and O–H groups in total. The van der Waals surface area contributed by atoms with Crippen molar-refractivity contribution >= 4 is 22.9 Å². The Morgan fingerprint density at radius 2 is 1.95 bits per heavy atom. The maximum atomic E-state index is 12.1. The molecule has 2 aromatic rings. The molecule has 0 atom stereocenters. The molecule has 2 rings (SSSR count). The monoisotopic (exact) mass is 273 g/mol. The molecule has 1 amide bonds. The highest BCUT2D eigenvalue weighted by atomic mass is 16.5. The van der Waals surface area contributed by atoms with E-state index in [1.165, 1.54) is 18.1 Å². The van der Waals surface area contributed by atoms with Gasteiger partial charge in [-0.25, -0.2) is 4.98 Å². The van der Waals surface area contributed by atoms with Crippen LogP contribution in [0, 0.1) is 0 Å². The number of fused-ring (bicyclic) bond motifs is 1. The van der Waals surface area contributed by atoms with Crippen molar-refractivity contribution < 1.29 is 14.3 Å². The van der Waals surface area contributed by atoms with Crippen LogP contribution < -0.4 is 0 Å². The van der Waals surface area contributed by atoms with Gasteiger partial charge in [0.1, 0.15) is 12.2 Å². The molecule has 0 aliphatic rings. The number of hydrogen-bond donors (Lipinski definition) is 0. The van der Waals surface area contributed by atoms with Gasteiger partial charge in [0.25, 0.3) is 5.91 Å². The Balaban J connectivity index is 2.16. The lowest BCUT2D eigenvalue weighted by molar-refractivity contribution is -0.143. The molecule has 1 heterocycles. The van der Waals surface area contributed by atoms with Crippen molar-refractivity contribution in [1.29, 1.82) is 0 Å². The summed E-state index contributed by atoms with van der Waals surface area (Å²) >= 11 is 0. The Hall–Kier alpha value is -2.50. The first-order valence-corrected chi connectivity index (χ1v) is 6.24. The molecule has 0 aliphatic carbocycles. The first kappa shape index (κ1) is 13.9. The second kappa shape index (κ2) is 6.10. The summed E-state index contributed by atoms with van der Waals surface area (Å²) in [6.07, 6.45) is 1.41. The molecule has 6 nitrogen and oxygen atoms in total. The fourth-order valence-electron chi connectivity index (χ4n) is 1.73. The number of nitrogens with zero attached hydrogens (tertiary/aromatic N) is 3. The van der Waals surface area contributed by atoms with Gasteiger partial charge in [-0.3, -0.25) is 14.6 Å². The van der Waals surface area contributed by atoms with Gasteiger partial charge in [0, 0.05) is 7.05 Å². The molecule has 0 bridgehead atoms. The third kappa shape index (κ3) is 3.09. The first-order valence-electron chi connectivity index (χ1n) is 6.24. The number of hydrogen-bond acceptors (Lipinski definition) is 5. The lowest BCUT2D eigenvalue weighted by atomic mass is 10.3. The Kier molecular flexibility index (Phi) is 4.24. The summed E-state index contributed by atoms with van der Waals surface area (Å²) in [5.41, 5.74) is 1.57. The van der Waals surface area contributed by atoms with Crippen molar-refractivity contribution in [3.05, 3.63) is 36.2 Å². The molecule has 20 heavy (non-hydrogen) atoms. The van der Waals surface area contributed by atoms with Crippen LogP contribution in [0.5, 0.6) is 0 Å². The number of benzene rings is 1. The van der Waals surface area contributed by atoms with E-state index in [1.807, 2.05) is 18.2 Å². The predicted octanol–water partition coefficient (Wildman–Crippen LogP) is 1.26. The average molecular weight is 273 g/mol. The van der Waals surface area contributed by atoms with E-state index in [9.17, 15) is 9.59 Å². The normalized spacial score (nSPS) is 10.3. The average Bonchev–Trinajstić information content (AvgIpc) is 2.46. The molecule has 0 unspecified atom stereocenters. The standard InChI is InChI=1S/C14H15N3O3/c1-3-20-13(18)9-17(2)14(19)12-8-15-10-6-4-5-7-11(10)16-12/h4-8H,3,9H2,1-2H3. The SMILES string of the molecule is CCOC(=O)CN(C)C(=O)c1cnc2ccccc2n1. The Labute approximate surface area is 116 Å². The van der Waals surface area contributed by atoms with Crippen LogP contribution in [-0.4, -0.2) is 46.9 Å². The second-order valence-electron chi connectivity index (χ2n) is 4.21. The third-order valence-corrected chi connectivity index (χ3v) is 2.69. The molecule has 6 heteroatoms. The zero-order valence-electron chi connectivity index (χ0n) is 11.4. The van der Waals surface area contributed by atoms with E-state index in [4.69, 9.17) is 4.74 Å². The van der Waals surface area contributed by atoms with Crippen LogP contribution in [0.3, 0.4) is 0 Å². The summed E-state index contributed by atoms with van der Waals surface area (Å²) in [5.74, 6) is -0.812. The van der Waals surface area contributed by atoms with Gasteiger partial charge in [-0.2, -0.15) is 0 Å². The van der Waals surface area contributed by atoms with E-state index in [0.717, 1.165) is 5.52 Å². The quantitative estimate of drug-likeness (QED) is 0.784. The number of esters is 1. The Morgan fingerprint density at radius 1 is 1.25 bits per heavy atom. The van der Waals surface area contributed by atoms with Gasteiger partial charge in [0.2, 0.25) is 0 Å². The van der Waals surface area contributed by atoms with Crippen LogP contribution in [0.4, 0.5) is 0 Å². The molecule has 0 fully saturated rings. The van der Waals surface area contributed by atoms with Crippen molar-refractivity contribution in [2.75, 3.05) is 20.2 Å². The maximum absolute atomic E-state index is 12.1. The molecule has 0 radical (unpaired) electrons. The lowest BCUT2D eigenvalue weighted by Crippen LogP contribution is -2.33. The maximum Gasteiger partial charge on any atom is 0.325 e. The minimum Gasteiger partial charge on any atom is -0.465 e. The molecule has 0 spiro atoms. The topological polar surface area (TPSA) is 72.4 Å². The van der Waals surface area contributed by atoms with Crippen LogP contribution in [0.1, 0.15) is 17.4 Å². The smallest absolute Gasteiger partial charge is 0.325 e. The number of amides is 1. The summed E-state index contributed by atoms with van der Waals surface area (Å²) in [5, 5.41) is 0. The summed E-state index contributed by atoms with van der Waals surface area (Å²) < 4.78 is 4.80. The van der Waals surface area contributed by atoms with Crippen LogP contribution in [0.2, 0.25) is 0 Å². The van der Waals surface area contributed by atoms with Gasteiger partial charge < -0.3 is 9.64 Å². The summed E-state index contributed by atoms with van der Waals surface area (Å²) in [6, 6.07) is 7.28. The van der Waals surface area contributed by atoms with Gasteiger partial charge >= 0.3 is 5.97 Å². The Morgan fingerprint density at radius 3 is 2.65 bits per heavy atom. The van der Waals surface area contributed by atoms with Crippen molar-refractivity contribution in [2.45, 2.75) is 6.92 Å². The van der Waals surface area contributed by atoms with Gasteiger partial charge in [-0.05, 0) is 19.1 Å². The minimum atomic E-state index is -0.447. The zero-order chi connectivity index (χ0) is 14.5. The zero-order valence-corrected chi connectivity index (χ0v) is 11.4. The third-order valence-electron chi connectivity index (χ3n) is 2.69. The van der Waals surface area contributed by atoms with Crippen molar-refractivity contribution in [1.82, 2.24) is 14.9 Å². The van der Waals surface area contributed by atoms with E-state index in [2.05, 4.69) is 9.97 Å². The van der Waals surface area contributed by atoms with E-state index in [1.54, 1.807) is 13.0 Å². The fourth-order valence-corrected chi connectivity index (χ4v) is 1.73. The van der Waals surface area contributed by atoms with Gasteiger partial charge in [0.05, 0.1) is 23.8 Å². The van der Waals surface area contributed by atoms with E-state index in [0.29, 0.717) is 5.52 Å². The molecule has 0 aliphatic heterocycles. The van der Waals surface area contributed by atoms with Crippen molar-refractivity contribution in [2.24, 2.45) is 0 Å². The highest BCUT2D eigenvalue weighted by Crippen LogP contribution is 2.09. The first-order chi connectivity index (χ1) is 9.61. The minimum absolute atomic E-state index is 0.110. The number of para-hydroxylation sites is 2. The van der Waals surface area contributed by atoms with Gasteiger partial charge in [-0.15, -0.1) is 0 Å². The van der Waals surface area contributed by atoms with Crippen molar-refractivity contribution in [3.63, 3.8) is 0 Å². The largest absolute Gasteiger partial charge is 0.465 e. The van der Waals surface area contributed by atoms with Crippen LogP contribution in [0.15, 0.2) is 30.5 Å². The number of ether oxygens (including phenoxy) is 1. The number of likely N-dealkylation sites (N-methyl/N-ethyl adjacent to an activating group) is 1. The molecular weight excluding hydrogens is 258 g/mol. The molecule has 1 aromatic heterocycles. The number of carbonyl (C=O) groups is 2. The molecule has 104 valence electrons. The van der Waals surface area contributed by atoms with Crippen molar-refractivity contribution in [3.8, 4) is 0 Å².